The molecule has 9 nitrogen and oxygen atoms in total. The summed E-state index contributed by atoms with van der Waals surface area (Å²) in [5.41, 5.74) is 2.09. The van der Waals surface area contributed by atoms with Crippen molar-refractivity contribution in [3.05, 3.63) is 53.3 Å². The zero-order valence-electron chi connectivity index (χ0n) is 22.3. The molecule has 210 valence electrons. The van der Waals surface area contributed by atoms with Crippen LogP contribution in [0, 0.1) is 5.92 Å². The molecule has 1 N–H and O–H groups in total. The summed E-state index contributed by atoms with van der Waals surface area (Å²) in [6.45, 7) is 3.66. The molecule has 2 atom stereocenters. The van der Waals surface area contributed by atoms with E-state index in [0.717, 1.165) is 49.0 Å². The number of hydrogen-bond acceptors (Lipinski definition) is 7. The van der Waals surface area contributed by atoms with Gasteiger partial charge < -0.3 is 15.1 Å². The summed E-state index contributed by atoms with van der Waals surface area (Å²) < 4.78 is 41.5. The lowest BCUT2D eigenvalue weighted by Gasteiger charge is -2.36. The number of halogens is 3. The molecule has 0 amide bonds. The van der Waals surface area contributed by atoms with Crippen LogP contribution in [0.1, 0.15) is 45.2 Å². The van der Waals surface area contributed by atoms with Crippen LogP contribution in [0.4, 0.5) is 24.5 Å². The number of aromatic nitrogens is 5. The fraction of sp³-hybridized carbons (Fsp3) is 0.556. The molecule has 1 aliphatic carbocycles. The van der Waals surface area contributed by atoms with E-state index >= 15 is 0 Å². The smallest absolute Gasteiger partial charge is 0.370 e. The van der Waals surface area contributed by atoms with Gasteiger partial charge in [-0.1, -0.05) is 11.6 Å². The van der Waals surface area contributed by atoms with Crippen LogP contribution < -0.4 is 20.7 Å². The Morgan fingerprint density at radius 3 is 2.72 bits per heavy atom. The van der Waals surface area contributed by atoms with Crippen molar-refractivity contribution >= 4 is 11.4 Å². The fourth-order valence-electron chi connectivity index (χ4n) is 5.25. The molecule has 1 saturated heterocycles. The lowest BCUT2D eigenvalue weighted by Crippen LogP contribution is -2.47. The summed E-state index contributed by atoms with van der Waals surface area (Å²) in [7, 11) is 1.36. The van der Waals surface area contributed by atoms with Gasteiger partial charge in [0, 0.05) is 55.9 Å². The third kappa shape index (κ3) is 6.60. The number of piperidine rings is 1. The molecule has 3 aromatic heterocycles. The molecular formula is C27H35F3N8O. The minimum Gasteiger partial charge on any atom is -0.370 e. The molecular weight excluding hydrogens is 509 g/mol. The minimum atomic E-state index is -4.33. The molecule has 3 aromatic rings. The van der Waals surface area contributed by atoms with Crippen molar-refractivity contribution in [3.63, 3.8) is 0 Å². The lowest BCUT2D eigenvalue weighted by molar-refractivity contribution is -0.119. The summed E-state index contributed by atoms with van der Waals surface area (Å²) in [5, 5.41) is 12.1. The Morgan fingerprint density at radius 1 is 1.18 bits per heavy atom. The van der Waals surface area contributed by atoms with Gasteiger partial charge in [-0.15, -0.1) is 5.10 Å². The zero-order chi connectivity index (χ0) is 27.6. The predicted octanol–water partition coefficient (Wildman–Crippen LogP) is 3.93. The van der Waals surface area contributed by atoms with E-state index < -0.39 is 18.9 Å². The highest BCUT2D eigenvalue weighted by molar-refractivity contribution is 5.63. The number of nitrogens with one attached hydrogen (secondary N) is 1. The highest BCUT2D eigenvalue weighted by Crippen LogP contribution is 2.27. The van der Waals surface area contributed by atoms with E-state index in [9.17, 15) is 18.0 Å². The van der Waals surface area contributed by atoms with Crippen molar-refractivity contribution in [2.45, 2.75) is 57.4 Å². The second-order valence-electron chi connectivity index (χ2n) is 10.7. The number of hydrogen-bond donors (Lipinski definition) is 1. The molecule has 1 unspecified atom stereocenters. The Hall–Kier alpha value is -3.41. The molecule has 1 saturated carbocycles. The van der Waals surface area contributed by atoms with Gasteiger partial charge in [-0.2, -0.15) is 13.2 Å². The topological polar surface area (TPSA) is 84.1 Å². The monoisotopic (exact) mass is 544 g/mol. The Kier molecular flexibility index (Phi) is 7.92. The molecule has 0 radical (unpaired) electrons. The van der Waals surface area contributed by atoms with Crippen LogP contribution >= 0.6 is 0 Å². The van der Waals surface area contributed by atoms with Crippen LogP contribution in [-0.2, 0) is 0 Å². The number of rotatable bonds is 9. The Morgan fingerprint density at radius 2 is 2.00 bits per heavy atom. The van der Waals surface area contributed by atoms with Crippen molar-refractivity contribution in [3.8, 4) is 11.3 Å². The first-order valence-corrected chi connectivity index (χ1v) is 13.5. The summed E-state index contributed by atoms with van der Waals surface area (Å²) >= 11 is 0. The third-order valence-corrected chi connectivity index (χ3v) is 7.81. The molecule has 0 bridgehead atoms. The number of nitrogens with zero attached hydrogens (tertiary/aromatic N) is 7. The fourth-order valence-corrected chi connectivity index (χ4v) is 5.25. The summed E-state index contributed by atoms with van der Waals surface area (Å²) in [6, 6.07) is 5.67. The maximum absolute atomic E-state index is 13.1. The van der Waals surface area contributed by atoms with Crippen LogP contribution in [0.15, 0.2) is 47.8 Å². The first-order valence-electron chi connectivity index (χ1n) is 13.5. The van der Waals surface area contributed by atoms with Crippen molar-refractivity contribution in [1.29, 1.82) is 0 Å². The van der Waals surface area contributed by atoms with Gasteiger partial charge in [-0.25, -0.2) is 4.68 Å². The molecule has 0 aromatic carbocycles. The van der Waals surface area contributed by atoms with E-state index in [1.165, 1.54) is 38.7 Å². The van der Waals surface area contributed by atoms with E-state index in [1.807, 2.05) is 13.0 Å². The maximum Gasteiger partial charge on any atom is 0.405 e. The van der Waals surface area contributed by atoms with E-state index in [4.69, 9.17) is 0 Å². The maximum atomic E-state index is 13.1. The van der Waals surface area contributed by atoms with Crippen LogP contribution in [-0.4, -0.2) is 70.0 Å². The summed E-state index contributed by atoms with van der Waals surface area (Å²) in [4.78, 5) is 20.5. The van der Waals surface area contributed by atoms with Crippen molar-refractivity contribution in [1.82, 2.24) is 29.9 Å². The van der Waals surface area contributed by atoms with E-state index in [2.05, 4.69) is 25.5 Å². The normalized spacial score (nSPS) is 19.1. The van der Waals surface area contributed by atoms with Crippen molar-refractivity contribution < 1.29 is 13.2 Å². The predicted molar refractivity (Wildman–Crippen MR) is 144 cm³/mol. The molecule has 2 fully saturated rings. The average molecular weight is 545 g/mol. The zero-order valence-corrected chi connectivity index (χ0v) is 22.3. The quantitative estimate of drug-likeness (QED) is 0.437. The van der Waals surface area contributed by atoms with Crippen LogP contribution in [0.2, 0.25) is 0 Å². The highest BCUT2D eigenvalue weighted by Gasteiger charge is 2.29. The Balaban J connectivity index is 1.26. The molecule has 0 spiro atoms. The highest BCUT2D eigenvalue weighted by atomic mass is 19.4. The van der Waals surface area contributed by atoms with Crippen molar-refractivity contribution in [2.75, 3.05) is 43.0 Å². The molecule has 2 aliphatic rings. The summed E-state index contributed by atoms with van der Waals surface area (Å²) in [6.07, 6.45) is 7.82. The Labute approximate surface area is 225 Å². The number of anilines is 2. The average Bonchev–Trinajstić information content (AvgIpc) is 3.37. The van der Waals surface area contributed by atoms with Gasteiger partial charge >= 0.3 is 6.18 Å². The number of pyridine rings is 2. The van der Waals surface area contributed by atoms with Gasteiger partial charge in [0.25, 0.3) is 5.56 Å². The van der Waals surface area contributed by atoms with E-state index in [1.54, 1.807) is 33.8 Å². The molecule has 12 heteroatoms. The lowest BCUT2D eigenvalue weighted by atomic mass is 9.85. The SMILES string of the molecule is CC(n1cc(-c2cncc(N(C)CC(F)(F)F)c2)nn1)n1ccc(N2CCC[C@@H](NCC3CCC3)C2)cc1=O. The van der Waals surface area contributed by atoms with Gasteiger partial charge in [0.1, 0.15) is 18.4 Å². The van der Waals surface area contributed by atoms with E-state index in [-0.39, 0.29) is 5.56 Å². The first kappa shape index (κ1) is 27.2. The van der Waals surface area contributed by atoms with Gasteiger partial charge in [0.05, 0.1) is 18.1 Å². The van der Waals surface area contributed by atoms with Crippen LogP contribution in [0.5, 0.6) is 0 Å². The third-order valence-electron chi connectivity index (χ3n) is 7.81. The first-order chi connectivity index (χ1) is 18.7. The van der Waals surface area contributed by atoms with Crippen LogP contribution in [0.3, 0.4) is 0 Å². The van der Waals surface area contributed by atoms with Gasteiger partial charge in [0.2, 0.25) is 0 Å². The number of alkyl halides is 3. The summed E-state index contributed by atoms with van der Waals surface area (Å²) in [5.74, 6) is 0.819. The Bertz CT molecular complexity index is 1320. The van der Waals surface area contributed by atoms with E-state index in [0.29, 0.717) is 23.0 Å². The van der Waals surface area contributed by atoms with Crippen molar-refractivity contribution in [2.24, 2.45) is 5.92 Å². The molecule has 5 rings (SSSR count). The minimum absolute atomic E-state index is 0.140. The van der Waals surface area contributed by atoms with Crippen LogP contribution in [0.25, 0.3) is 11.3 Å². The van der Waals surface area contributed by atoms with Gasteiger partial charge in [0.15, 0.2) is 0 Å². The second-order valence-corrected chi connectivity index (χ2v) is 10.7. The molecule has 1 aliphatic heterocycles. The standard InChI is InChI=1S/C27H35F3N8O/c1-19(38-17-25(33-34-38)21-11-24(15-31-14-21)35(2)18-27(28,29)30)37-10-8-23(12-26(37)39)36-9-4-7-22(16-36)32-13-20-5-3-6-20/h8,10-12,14-15,17,19-20,22,32H,3-7,9,13,16,18H2,1-2H3/t19?,22-/m1/s1. The van der Waals surface area contributed by atoms with Gasteiger partial charge in [-0.05, 0) is 57.2 Å². The molecule has 4 heterocycles. The second kappa shape index (κ2) is 11.4. The van der Waals surface area contributed by atoms with Gasteiger partial charge in [-0.3, -0.25) is 14.3 Å². The molecule has 39 heavy (non-hydrogen) atoms. The largest absolute Gasteiger partial charge is 0.405 e.